The lowest BCUT2D eigenvalue weighted by Crippen LogP contribution is -2.08. The van der Waals surface area contributed by atoms with Gasteiger partial charge in [0, 0.05) is 30.3 Å². The van der Waals surface area contributed by atoms with Crippen LogP contribution in [0.25, 0.3) is 0 Å². The Balaban J connectivity index is 2.36. The highest BCUT2D eigenvalue weighted by atomic mass is 35.5. The molecule has 6 heteroatoms. The Hall–Kier alpha value is -2.01. The summed E-state index contributed by atoms with van der Waals surface area (Å²) in [6.07, 6.45) is 1.92. The second-order valence-electron chi connectivity index (χ2n) is 4.59. The molecule has 104 valence electrons. The van der Waals surface area contributed by atoms with Gasteiger partial charge in [0.15, 0.2) is 5.78 Å². The Bertz CT molecular complexity index is 625. The molecule has 0 aromatic heterocycles. The maximum atomic E-state index is 12.2. The van der Waals surface area contributed by atoms with Crippen LogP contribution in [0.15, 0.2) is 22.1 Å². The number of halogens is 1. The van der Waals surface area contributed by atoms with Crippen molar-refractivity contribution in [2.45, 2.75) is 6.42 Å². The molecule has 0 heterocycles. The summed E-state index contributed by atoms with van der Waals surface area (Å²) in [5.74, 6) is -2.19. The maximum absolute atomic E-state index is 12.2. The number of hydrogen-bond acceptors (Lipinski definition) is 4. The van der Waals surface area contributed by atoms with E-state index in [1.165, 1.54) is 12.3 Å². The third-order valence-corrected chi connectivity index (χ3v) is 3.54. The second kappa shape index (κ2) is 5.54. The van der Waals surface area contributed by atoms with Crippen LogP contribution in [0.4, 0.5) is 5.69 Å². The fraction of sp³-hybridized carbons (Fsp3) is 0.286. The number of benzene rings is 1. The SMILES string of the molecule is C=Nc1c(Cl)cc(C(=O)[C@H]2C[C@H]2C(=O)O)cc1C=NC. The summed E-state index contributed by atoms with van der Waals surface area (Å²) in [5, 5.41) is 9.17. The van der Waals surface area contributed by atoms with Gasteiger partial charge in [0.1, 0.15) is 0 Å². The number of rotatable bonds is 5. The van der Waals surface area contributed by atoms with Crippen molar-refractivity contribution in [1.82, 2.24) is 0 Å². The number of carboxylic acid groups (broad SMARTS) is 1. The molecule has 20 heavy (non-hydrogen) atoms. The number of carbonyl (C=O) groups excluding carboxylic acids is 1. The molecule has 0 radical (unpaired) electrons. The van der Waals surface area contributed by atoms with Crippen LogP contribution in [0.1, 0.15) is 22.3 Å². The first-order chi connectivity index (χ1) is 9.49. The standard InChI is InChI=1S/C14H13ClN2O3/c1-16-6-8-3-7(4-11(15)12(8)17-2)13(18)9-5-10(9)14(19)20/h3-4,6,9-10H,2,5H2,1H3,(H,19,20)/t9-,10+/m0/s1. The highest BCUT2D eigenvalue weighted by Gasteiger charge is 2.48. The quantitative estimate of drug-likeness (QED) is 0.669. The molecular weight excluding hydrogens is 280 g/mol. The van der Waals surface area contributed by atoms with Crippen LogP contribution in [-0.4, -0.2) is 36.8 Å². The first-order valence-electron chi connectivity index (χ1n) is 5.99. The lowest BCUT2D eigenvalue weighted by Gasteiger charge is -2.07. The smallest absolute Gasteiger partial charge is 0.307 e. The van der Waals surface area contributed by atoms with Gasteiger partial charge < -0.3 is 5.11 Å². The van der Waals surface area contributed by atoms with Crippen molar-refractivity contribution in [2.24, 2.45) is 21.8 Å². The molecule has 5 nitrogen and oxygen atoms in total. The minimum atomic E-state index is -0.936. The average molecular weight is 293 g/mol. The predicted octanol–water partition coefficient (Wildman–Crippen LogP) is 2.62. The highest BCUT2D eigenvalue weighted by molar-refractivity contribution is 6.34. The van der Waals surface area contributed by atoms with Crippen LogP contribution in [0.3, 0.4) is 0 Å². The van der Waals surface area contributed by atoms with E-state index in [2.05, 4.69) is 16.7 Å². The van der Waals surface area contributed by atoms with Crippen LogP contribution in [0.5, 0.6) is 0 Å². The lowest BCUT2D eigenvalue weighted by molar-refractivity contribution is -0.138. The topological polar surface area (TPSA) is 79.1 Å². The molecule has 1 aromatic carbocycles. The zero-order valence-corrected chi connectivity index (χ0v) is 11.6. The summed E-state index contributed by atoms with van der Waals surface area (Å²) < 4.78 is 0. The van der Waals surface area contributed by atoms with E-state index < -0.39 is 17.8 Å². The number of ketones is 1. The van der Waals surface area contributed by atoms with Crippen LogP contribution in [0.2, 0.25) is 5.02 Å². The van der Waals surface area contributed by atoms with Gasteiger partial charge in [-0.3, -0.25) is 19.6 Å². The molecule has 0 bridgehead atoms. The number of aliphatic carboxylic acids is 1. The summed E-state index contributed by atoms with van der Waals surface area (Å²) in [5.41, 5.74) is 1.43. The van der Waals surface area contributed by atoms with Gasteiger partial charge in [-0.05, 0) is 25.3 Å². The Kier molecular flexibility index (Phi) is 3.99. The van der Waals surface area contributed by atoms with Crippen LogP contribution < -0.4 is 0 Å². The molecule has 1 aliphatic rings. The van der Waals surface area contributed by atoms with Crippen molar-refractivity contribution in [3.8, 4) is 0 Å². The second-order valence-corrected chi connectivity index (χ2v) is 5.00. The minimum absolute atomic E-state index is 0.208. The molecule has 2 atom stereocenters. The zero-order valence-electron chi connectivity index (χ0n) is 10.8. The first-order valence-corrected chi connectivity index (χ1v) is 6.36. The third kappa shape index (κ3) is 2.63. The number of carbonyl (C=O) groups is 2. The van der Waals surface area contributed by atoms with Gasteiger partial charge in [-0.25, -0.2) is 0 Å². The van der Waals surface area contributed by atoms with Crippen molar-refractivity contribution in [2.75, 3.05) is 7.05 Å². The van der Waals surface area contributed by atoms with Crippen molar-refractivity contribution >= 4 is 42.0 Å². The molecule has 0 saturated heterocycles. The molecule has 1 saturated carbocycles. The monoisotopic (exact) mass is 292 g/mol. The number of nitrogens with zero attached hydrogens (tertiary/aromatic N) is 2. The van der Waals surface area contributed by atoms with E-state index in [0.29, 0.717) is 28.3 Å². The van der Waals surface area contributed by atoms with Crippen molar-refractivity contribution in [3.05, 3.63) is 28.3 Å². The van der Waals surface area contributed by atoms with Gasteiger partial charge in [-0.2, -0.15) is 0 Å². The first kappa shape index (κ1) is 14.4. The summed E-state index contributed by atoms with van der Waals surface area (Å²) >= 11 is 6.07. The fourth-order valence-electron chi connectivity index (χ4n) is 2.14. The summed E-state index contributed by atoms with van der Waals surface area (Å²) in [7, 11) is 1.59. The number of carboxylic acids is 1. The van der Waals surface area contributed by atoms with E-state index >= 15 is 0 Å². The fourth-order valence-corrected chi connectivity index (χ4v) is 2.43. The summed E-state index contributed by atoms with van der Waals surface area (Å²) in [6.45, 7) is 3.43. The van der Waals surface area contributed by atoms with E-state index in [1.54, 1.807) is 13.1 Å². The van der Waals surface area contributed by atoms with Gasteiger partial charge in [0.2, 0.25) is 0 Å². The van der Waals surface area contributed by atoms with Crippen LogP contribution in [-0.2, 0) is 4.79 Å². The van der Waals surface area contributed by atoms with E-state index in [1.807, 2.05) is 0 Å². The highest BCUT2D eigenvalue weighted by Crippen LogP contribution is 2.42. The predicted molar refractivity (Wildman–Crippen MR) is 77.7 cm³/mol. The zero-order chi connectivity index (χ0) is 14.9. The largest absolute Gasteiger partial charge is 0.481 e. The van der Waals surface area contributed by atoms with Crippen LogP contribution in [0, 0.1) is 11.8 Å². The molecule has 1 N–H and O–H groups in total. The van der Waals surface area contributed by atoms with Crippen molar-refractivity contribution in [1.29, 1.82) is 0 Å². The third-order valence-electron chi connectivity index (χ3n) is 3.25. The van der Waals surface area contributed by atoms with E-state index in [-0.39, 0.29) is 5.78 Å². The molecule has 1 aromatic rings. The average Bonchev–Trinajstić information content (AvgIpc) is 3.18. The Morgan fingerprint density at radius 2 is 2.15 bits per heavy atom. The number of hydrogen-bond donors (Lipinski definition) is 1. The molecule has 1 aliphatic carbocycles. The normalized spacial score (nSPS) is 20.9. The minimum Gasteiger partial charge on any atom is -0.481 e. The molecular formula is C14H13ClN2O3. The molecule has 0 unspecified atom stereocenters. The molecule has 0 aliphatic heterocycles. The van der Waals surface area contributed by atoms with Gasteiger partial charge in [0.25, 0.3) is 0 Å². The van der Waals surface area contributed by atoms with Gasteiger partial charge in [0.05, 0.1) is 16.6 Å². The lowest BCUT2D eigenvalue weighted by atomic mass is 10.0. The molecule has 1 fully saturated rings. The number of Topliss-reactive ketones (excluding diaryl/α,β-unsaturated/α-hetero) is 1. The van der Waals surface area contributed by atoms with Gasteiger partial charge >= 0.3 is 5.97 Å². The molecule has 0 spiro atoms. The number of aliphatic imine (C=N–C) groups is 2. The van der Waals surface area contributed by atoms with Gasteiger partial charge in [-0.15, -0.1) is 0 Å². The molecule has 0 amide bonds. The Morgan fingerprint density at radius 1 is 1.45 bits per heavy atom. The Labute approximate surface area is 121 Å². The van der Waals surface area contributed by atoms with Gasteiger partial charge in [-0.1, -0.05) is 11.6 Å². The summed E-state index contributed by atoms with van der Waals surface area (Å²) in [6, 6.07) is 3.11. The maximum Gasteiger partial charge on any atom is 0.307 e. The molecule has 2 rings (SSSR count). The summed E-state index contributed by atoms with van der Waals surface area (Å²) in [4.78, 5) is 30.7. The Morgan fingerprint density at radius 3 is 2.65 bits per heavy atom. The van der Waals surface area contributed by atoms with Crippen LogP contribution >= 0.6 is 11.6 Å². The van der Waals surface area contributed by atoms with Crippen molar-refractivity contribution < 1.29 is 14.7 Å². The van der Waals surface area contributed by atoms with E-state index in [4.69, 9.17) is 16.7 Å². The van der Waals surface area contributed by atoms with E-state index in [9.17, 15) is 9.59 Å². The van der Waals surface area contributed by atoms with E-state index in [0.717, 1.165) is 0 Å². The van der Waals surface area contributed by atoms with Crippen molar-refractivity contribution in [3.63, 3.8) is 0 Å².